The first-order chi connectivity index (χ1) is 9.58. The van der Waals surface area contributed by atoms with Crippen LogP contribution in [0.15, 0.2) is 18.2 Å². The minimum atomic E-state index is -0.530. The van der Waals surface area contributed by atoms with Crippen molar-refractivity contribution in [3.63, 3.8) is 0 Å². The largest absolute Gasteiger partial charge is 0.393 e. The van der Waals surface area contributed by atoms with Crippen LogP contribution in [0.1, 0.15) is 19.3 Å². The summed E-state index contributed by atoms with van der Waals surface area (Å²) in [4.78, 5) is 23.9. The van der Waals surface area contributed by atoms with Gasteiger partial charge in [-0.15, -0.1) is 0 Å². The number of hydrogen-bond acceptors (Lipinski definition) is 5. The summed E-state index contributed by atoms with van der Waals surface area (Å²) < 4.78 is 0. The number of amides is 1. The van der Waals surface area contributed by atoms with Gasteiger partial charge in [-0.1, -0.05) is 0 Å². The third kappa shape index (κ3) is 3.37. The second-order valence-corrected chi connectivity index (χ2v) is 4.83. The molecule has 1 aromatic carbocycles. The predicted molar refractivity (Wildman–Crippen MR) is 76.4 cm³/mol. The van der Waals surface area contributed by atoms with Crippen LogP contribution >= 0.6 is 0 Å². The molecular formula is C13H18N4O3. The lowest BCUT2D eigenvalue weighted by Gasteiger charge is -2.26. The molecular weight excluding hydrogens is 260 g/mol. The van der Waals surface area contributed by atoms with Crippen LogP contribution in [0.2, 0.25) is 0 Å². The van der Waals surface area contributed by atoms with Crippen LogP contribution in [-0.4, -0.2) is 35.4 Å². The zero-order chi connectivity index (χ0) is 14.5. The second-order valence-electron chi connectivity index (χ2n) is 4.83. The van der Waals surface area contributed by atoms with E-state index >= 15 is 0 Å². The Bertz CT molecular complexity index is 512. The Hall–Kier alpha value is -2.31. The van der Waals surface area contributed by atoms with Crippen molar-refractivity contribution in [1.29, 1.82) is 0 Å². The van der Waals surface area contributed by atoms with E-state index in [0.717, 1.165) is 25.9 Å². The maximum atomic E-state index is 12.0. The predicted octanol–water partition coefficient (Wildman–Crippen LogP) is 1.60. The Morgan fingerprint density at radius 2 is 2.05 bits per heavy atom. The lowest BCUT2D eigenvalue weighted by Crippen LogP contribution is -2.39. The summed E-state index contributed by atoms with van der Waals surface area (Å²) in [6.45, 7) is 1.79. The van der Waals surface area contributed by atoms with Crippen molar-refractivity contribution >= 4 is 23.0 Å². The smallest absolute Gasteiger partial charge is 0.292 e. The zero-order valence-corrected chi connectivity index (χ0v) is 11.2. The number of rotatable bonds is 4. The number of piperidine rings is 1. The van der Waals surface area contributed by atoms with E-state index in [1.54, 1.807) is 6.07 Å². The van der Waals surface area contributed by atoms with Crippen LogP contribution < -0.4 is 11.1 Å². The van der Waals surface area contributed by atoms with Crippen molar-refractivity contribution in [3.05, 3.63) is 28.3 Å². The number of nitro benzene ring substituents is 1. The van der Waals surface area contributed by atoms with Crippen molar-refractivity contribution in [2.45, 2.75) is 19.3 Å². The minimum absolute atomic E-state index is 0.0432. The number of anilines is 2. The fourth-order valence-corrected chi connectivity index (χ4v) is 2.26. The van der Waals surface area contributed by atoms with E-state index in [0.29, 0.717) is 5.69 Å². The number of carbonyl (C=O) groups excluding carboxylic acids is 1. The number of benzene rings is 1. The molecule has 0 unspecified atom stereocenters. The molecule has 0 bridgehead atoms. The molecule has 1 fully saturated rings. The Labute approximate surface area is 116 Å². The van der Waals surface area contributed by atoms with Gasteiger partial charge in [0.1, 0.15) is 5.69 Å². The molecule has 0 saturated carbocycles. The number of carbonyl (C=O) groups is 1. The maximum Gasteiger partial charge on any atom is 0.292 e. The molecule has 0 spiro atoms. The molecule has 7 nitrogen and oxygen atoms in total. The Balaban J connectivity index is 1.92. The van der Waals surface area contributed by atoms with E-state index in [1.807, 2.05) is 4.90 Å². The van der Waals surface area contributed by atoms with Crippen LogP contribution in [0.5, 0.6) is 0 Å². The zero-order valence-electron chi connectivity index (χ0n) is 11.2. The quantitative estimate of drug-likeness (QED) is 0.495. The van der Waals surface area contributed by atoms with Crippen LogP contribution in [0, 0.1) is 10.1 Å². The molecule has 7 heteroatoms. The highest BCUT2D eigenvalue weighted by atomic mass is 16.6. The average Bonchev–Trinajstić information content (AvgIpc) is 2.45. The monoisotopic (exact) mass is 278 g/mol. The van der Waals surface area contributed by atoms with Crippen molar-refractivity contribution in [3.8, 4) is 0 Å². The van der Waals surface area contributed by atoms with Gasteiger partial charge in [0, 0.05) is 24.8 Å². The SMILES string of the molecule is Nc1cc(NCC(=O)N2CCCCC2)ccc1[N+](=O)[O-]. The van der Waals surface area contributed by atoms with Crippen molar-refractivity contribution < 1.29 is 9.72 Å². The lowest BCUT2D eigenvalue weighted by molar-refractivity contribution is -0.383. The molecule has 108 valence electrons. The molecule has 1 aromatic rings. The Morgan fingerprint density at radius 1 is 1.35 bits per heavy atom. The summed E-state index contributed by atoms with van der Waals surface area (Å²) in [7, 11) is 0. The first-order valence-electron chi connectivity index (χ1n) is 6.63. The summed E-state index contributed by atoms with van der Waals surface area (Å²) in [5, 5.41) is 13.6. The van der Waals surface area contributed by atoms with E-state index in [2.05, 4.69) is 5.32 Å². The van der Waals surface area contributed by atoms with Gasteiger partial charge in [0.05, 0.1) is 11.5 Å². The first kappa shape index (κ1) is 14.1. The van der Waals surface area contributed by atoms with Gasteiger partial charge in [0.25, 0.3) is 5.69 Å². The van der Waals surface area contributed by atoms with Gasteiger partial charge in [0.15, 0.2) is 0 Å². The molecule has 1 saturated heterocycles. The van der Waals surface area contributed by atoms with E-state index in [4.69, 9.17) is 5.73 Å². The van der Waals surface area contributed by atoms with Gasteiger partial charge in [-0.05, 0) is 31.4 Å². The Morgan fingerprint density at radius 3 is 2.65 bits per heavy atom. The van der Waals surface area contributed by atoms with Crippen LogP contribution in [-0.2, 0) is 4.79 Å². The maximum absolute atomic E-state index is 12.0. The highest BCUT2D eigenvalue weighted by molar-refractivity contribution is 5.81. The van der Waals surface area contributed by atoms with Crippen LogP contribution in [0.4, 0.5) is 17.1 Å². The summed E-state index contributed by atoms with van der Waals surface area (Å²) in [6, 6.07) is 4.36. The molecule has 1 aliphatic rings. The molecule has 1 aliphatic heterocycles. The van der Waals surface area contributed by atoms with Gasteiger partial charge in [-0.25, -0.2) is 0 Å². The fourth-order valence-electron chi connectivity index (χ4n) is 2.26. The summed E-state index contributed by atoms with van der Waals surface area (Å²) in [6.07, 6.45) is 3.28. The molecule has 0 radical (unpaired) electrons. The summed E-state index contributed by atoms with van der Waals surface area (Å²) in [5.74, 6) is 0.0432. The topological polar surface area (TPSA) is 102 Å². The standard InChI is InChI=1S/C13H18N4O3/c14-11-8-10(4-5-12(11)17(19)20)15-9-13(18)16-6-2-1-3-7-16/h4-5,8,15H,1-3,6-7,9,14H2. The summed E-state index contributed by atoms with van der Waals surface area (Å²) >= 11 is 0. The van der Waals surface area contributed by atoms with E-state index in [9.17, 15) is 14.9 Å². The van der Waals surface area contributed by atoms with Crippen molar-refractivity contribution in [1.82, 2.24) is 4.90 Å². The third-order valence-electron chi connectivity index (χ3n) is 3.38. The second kappa shape index (κ2) is 6.23. The number of nitrogens with zero attached hydrogens (tertiary/aromatic N) is 2. The van der Waals surface area contributed by atoms with E-state index in [1.165, 1.54) is 18.6 Å². The normalized spacial score (nSPS) is 14.9. The number of likely N-dealkylation sites (tertiary alicyclic amines) is 1. The van der Waals surface area contributed by atoms with E-state index in [-0.39, 0.29) is 23.8 Å². The molecule has 0 aliphatic carbocycles. The van der Waals surface area contributed by atoms with Gasteiger partial charge < -0.3 is 16.0 Å². The highest BCUT2D eigenvalue weighted by Crippen LogP contribution is 2.24. The lowest BCUT2D eigenvalue weighted by atomic mass is 10.1. The number of nitrogens with two attached hydrogens (primary N) is 1. The highest BCUT2D eigenvalue weighted by Gasteiger charge is 2.16. The molecule has 1 amide bonds. The summed E-state index contributed by atoms with van der Waals surface area (Å²) in [5.41, 5.74) is 6.17. The molecule has 3 N–H and O–H groups in total. The van der Waals surface area contributed by atoms with Crippen LogP contribution in [0.3, 0.4) is 0 Å². The third-order valence-corrected chi connectivity index (χ3v) is 3.38. The number of nitro groups is 1. The van der Waals surface area contributed by atoms with Crippen molar-refractivity contribution in [2.24, 2.45) is 0 Å². The number of nitrogen functional groups attached to an aromatic ring is 1. The molecule has 0 aromatic heterocycles. The van der Waals surface area contributed by atoms with Gasteiger partial charge in [-0.2, -0.15) is 0 Å². The van der Waals surface area contributed by atoms with E-state index < -0.39 is 4.92 Å². The Kier molecular flexibility index (Phi) is 4.39. The molecule has 0 atom stereocenters. The van der Waals surface area contributed by atoms with Gasteiger partial charge in [0.2, 0.25) is 5.91 Å². The van der Waals surface area contributed by atoms with Crippen molar-refractivity contribution in [2.75, 3.05) is 30.7 Å². The van der Waals surface area contributed by atoms with Crippen LogP contribution in [0.25, 0.3) is 0 Å². The first-order valence-corrected chi connectivity index (χ1v) is 6.63. The molecule has 20 heavy (non-hydrogen) atoms. The molecule has 1 heterocycles. The number of hydrogen-bond donors (Lipinski definition) is 2. The number of nitrogens with one attached hydrogen (secondary N) is 1. The van der Waals surface area contributed by atoms with Gasteiger partial charge in [-0.3, -0.25) is 14.9 Å². The minimum Gasteiger partial charge on any atom is -0.393 e. The van der Waals surface area contributed by atoms with Gasteiger partial charge >= 0.3 is 0 Å². The molecule has 2 rings (SSSR count). The fraction of sp³-hybridized carbons (Fsp3) is 0.462. The average molecular weight is 278 g/mol.